The summed E-state index contributed by atoms with van der Waals surface area (Å²) in [5, 5.41) is 0.480. The number of rotatable bonds is 7. The minimum Gasteiger partial charge on any atom is -0.490 e. The summed E-state index contributed by atoms with van der Waals surface area (Å²) in [7, 11) is 1.28. The summed E-state index contributed by atoms with van der Waals surface area (Å²) in [6.45, 7) is 1.96. The fourth-order valence-electron chi connectivity index (χ4n) is 2.73. The molecule has 1 fully saturated rings. The van der Waals surface area contributed by atoms with Crippen LogP contribution in [0.25, 0.3) is 6.08 Å². The Morgan fingerprint density at radius 3 is 2.62 bits per heavy atom. The first-order valence-corrected chi connectivity index (χ1v) is 12.3. The van der Waals surface area contributed by atoms with E-state index >= 15 is 0 Å². The van der Waals surface area contributed by atoms with Crippen LogP contribution in [0.4, 0.5) is 5.69 Å². The van der Waals surface area contributed by atoms with Crippen LogP contribution in [0.3, 0.4) is 0 Å². The number of carbonyl (C=O) groups excluding carboxylic acids is 2. The third-order valence-corrected chi connectivity index (χ3v) is 7.27. The molecule has 1 amide bonds. The zero-order chi connectivity index (χ0) is 23.4. The highest BCUT2D eigenvalue weighted by Gasteiger charge is 2.33. The van der Waals surface area contributed by atoms with Crippen molar-refractivity contribution in [2.24, 2.45) is 0 Å². The number of hydrogen-bond donors (Lipinski definition) is 0. The smallest absolute Gasteiger partial charge is 0.343 e. The van der Waals surface area contributed by atoms with Crippen molar-refractivity contribution in [3.8, 4) is 11.5 Å². The number of thiocarbonyl (C=S) groups is 1. The first-order valence-electron chi connectivity index (χ1n) is 9.14. The summed E-state index contributed by atoms with van der Waals surface area (Å²) in [5.41, 5.74) is 1.28. The van der Waals surface area contributed by atoms with Gasteiger partial charge in [0.25, 0.3) is 5.91 Å². The van der Waals surface area contributed by atoms with Crippen molar-refractivity contribution >= 4 is 95.4 Å². The van der Waals surface area contributed by atoms with E-state index in [4.69, 9.17) is 33.3 Å². The van der Waals surface area contributed by atoms with E-state index in [9.17, 15) is 9.59 Å². The molecule has 32 heavy (non-hydrogen) atoms. The molecule has 0 unspecified atom stereocenters. The Morgan fingerprint density at radius 2 is 1.97 bits per heavy atom. The van der Waals surface area contributed by atoms with E-state index in [0.717, 1.165) is 4.47 Å². The Kier molecular flexibility index (Phi) is 8.62. The van der Waals surface area contributed by atoms with Crippen LogP contribution in [0.1, 0.15) is 12.5 Å². The lowest BCUT2D eigenvalue weighted by Crippen LogP contribution is -2.27. The molecule has 0 radical (unpaired) electrons. The lowest BCUT2D eigenvalue weighted by atomic mass is 10.1. The van der Waals surface area contributed by atoms with Crippen molar-refractivity contribution in [1.82, 2.24) is 0 Å². The zero-order valence-electron chi connectivity index (χ0n) is 16.8. The van der Waals surface area contributed by atoms with Gasteiger partial charge in [-0.3, -0.25) is 9.69 Å². The van der Waals surface area contributed by atoms with Crippen molar-refractivity contribution in [3.63, 3.8) is 0 Å². The molecular formula is C21H16Br2ClNO5S2. The number of benzene rings is 2. The highest BCUT2D eigenvalue weighted by molar-refractivity contribution is 9.10. The van der Waals surface area contributed by atoms with Gasteiger partial charge in [-0.1, -0.05) is 35.6 Å². The second-order valence-electron chi connectivity index (χ2n) is 6.24. The first kappa shape index (κ1) is 25.0. The van der Waals surface area contributed by atoms with Crippen molar-refractivity contribution in [2.75, 3.05) is 25.2 Å². The molecule has 1 saturated heterocycles. The number of ether oxygens (including phenoxy) is 3. The van der Waals surface area contributed by atoms with Crippen LogP contribution in [0.5, 0.6) is 11.5 Å². The number of methoxy groups -OCH3 is 1. The molecule has 3 rings (SSSR count). The fraction of sp³-hybridized carbons (Fsp3) is 0.190. The summed E-state index contributed by atoms with van der Waals surface area (Å²) in [5.74, 6) is 0.0253. The van der Waals surface area contributed by atoms with E-state index in [1.54, 1.807) is 36.4 Å². The first-order chi connectivity index (χ1) is 15.2. The van der Waals surface area contributed by atoms with Crippen LogP contribution in [-0.2, 0) is 14.3 Å². The molecule has 0 spiro atoms. The van der Waals surface area contributed by atoms with E-state index in [1.165, 1.54) is 23.8 Å². The van der Waals surface area contributed by atoms with Crippen molar-refractivity contribution in [1.29, 1.82) is 0 Å². The van der Waals surface area contributed by atoms with E-state index in [0.29, 0.717) is 48.1 Å². The molecule has 1 aliphatic heterocycles. The minimum absolute atomic E-state index is 0.251. The van der Waals surface area contributed by atoms with Crippen molar-refractivity contribution in [2.45, 2.75) is 6.92 Å². The van der Waals surface area contributed by atoms with Crippen molar-refractivity contribution in [3.05, 3.63) is 54.8 Å². The number of hydrogen-bond acceptors (Lipinski definition) is 7. The molecule has 0 aliphatic carbocycles. The highest BCUT2D eigenvalue weighted by Crippen LogP contribution is 2.41. The Bertz CT molecular complexity index is 1130. The average Bonchev–Trinajstić information content (AvgIpc) is 3.02. The maximum atomic E-state index is 13.1. The fourth-order valence-corrected chi connectivity index (χ4v) is 5.02. The van der Waals surface area contributed by atoms with E-state index in [1.807, 2.05) is 6.92 Å². The molecule has 0 N–H and O–H groups in total. The summed E-state index contributed by atoms with van der Waals surface area (Å²) < 4.78 is 17.5. The third-order valence-electron chi connectivity index (χ3n) is 4.15. The molecule has 11 heteroatoms. The van der Waals surface area contributed by atoms with Gasteiger partial charge in [-0.2, -0.15) is 0 Å². The van der Waals surface area contributed by atoms with Gasteiger partial charge in [0.1, 0.15) is 0 Å². The topological polar surface area (TPSA) is 65.1 Å². The molecule has 2 aromatic rings. The van der Waals surface area contributed by atoms with Gasteiger partial charge in [0.05, 0.1) is 33.8 Å². The lowest BCUT2D eigenvalue weighted by Gasteiger charge is -2.15. The molecule has 168 valence electrons. The van der Waals surface area contributed by atoms with Gasteiger partial charge in [-0.25, -0.2) is 4.79 Å². The molecule has 0 atom stereocenters. The van der Waals surface area contributed by atoms with Crippen LogP contribution in [0, 0.1) is 0 Å². The van der Waals surface area contributed by atoms with E-state index in [-0.39, 0.29) is 12.5 Å². The minimum atomic E-state index is -0.514. The zero-order valence-corrected chi connectivity index (χ0v) is 22.4. The van der Waals surface area contributed by atoms with E-state index in [2.05, 4.69) is 36.6 Å². The SMILES string of the molecule is CCOc1cc(/C=C2\SC(=S)N(c3ccc(Br)c(Cl)c3)C2=O)cc(Br)c1OCC(=O)OC. The van der Waals surface area contributed by atoms with Gasteiger partial charge in [-0.05, 0) is 80.8 Å². The summed E-state index contributed by atoms with van der Waals surface area (Å²) in [4.78, 5) is 26.4. The molecule has 6 nitrogen and oxygen atoms in total. The Labute approximate surface area is 216 Å². The molecule has 1 heterocycles. The molecular weight excluding hydrogens is 606 g/mol. The van der Waals surface area contributed by atoms with Gasteiger partial charge in [0.15, 0.2) is 22.4 Å². The Balaban J connectivity index is 1.91. The van der Waals surface area contributed by atoms with Gasteiger partial charge >= 0.3 is 5.97 Å². The molecule has 2 aromatic carbocycles. The Hall–Kier alpha value is -1.59. The van der Waals surface area contributed by atoms with Crippen LogP contribution in [-0.4, -0.2) is 36.5 Å². The number of anilines is 1. The number of thioether (sulfide) groups is 1. The lowest BCUT2D eigenvalue weighted by molar-refractivity contribution is -0.142. The standard InChI is InChI=1S/C21H16Br2ClNO5S2/c1-3-29-16-7-11(6-14(23)19(16)30-10-18(26)28-2)8-17-20(27)25(21(31)32-17)12-4-5-13(22)15(24)9-12/h4-9H,3,10H2,1-2H3/b17-8-. The number of nitrogens with zero attached hydrogens (tertiary/aromatic N) is 1. The quantitative estimate of drug-likeness (QED) is 0.207. The van der Waals surface area contributed by atoms with Gasteiger partial charge in [0.2, 0.25) is 0 Å². The highest BCUT2D eigenvalue weighted by atomic mass is 79.9. The number of amides is 1. The maximum absolute atomic E-state index is 13.1. The van der Waals surface area contributed by atoms with Gasteiger partial charge in [0, 0.05) is 4.47 Å². The van der Waals surface area contributed by atoms with Crippen molar-refractivity contribution < 1.29 is 23.8 Å². The second-order valence-corrected chi connectivity index (χ2v) is 10.0. The molecule has 0 saturated carbocycles. The normalized spacial score (nSPS) is 14.8. The monoisotopic (exact) mass is 619 g/mol. The second kappa shape index (κ2) is 11.0. The molecule has 0 aromatic heterocycles. The summed E-state index contributed by atoms with van der Waals surface area (Å²) in [6.07, 6.45) is 1.72. The van der Waals surface area contributed by atoms with Crippen LogP contribution >= 0.6 is 67.4 Å². The summed E-state index contributed by atoms with van der Waals surface area (Å²) in [6, 6.07) is 8.69. The average molecular weight is 622 g/mol. The summed E-state index contributed by atoms with van der Waals surface area (Å²) >= 11 is 19.6. The number of esters is 1. The predicted octanol–water partition coefficient (Wildman–Crippen LogP) is 6.22. The van der Waals surface area contributed by atoms with Gasteiger partial charge < -0.3 is 14.2 Å². The number of carbonyl (C=O) groups is 2. The molecule has 0 bridgehead atoms. The number of halogens is 3. The van der Waals surface area contributed by atoms with Crippen LogP contribution < -0.4 is 14.4 Å². The van der Waals surface area contributed by atoms with Crippen LogP contribution in [0.2, 0.25) is 5.02 Å². The predicted molar refractivity (Wildman–Crippen MR) is 138 cm³/mol. The van der Waals surface area contributed by atoms with Gasteiger partial charge in [-0.15, -0.1) is 0 Å². The third kappa shape index (κ3) is 5.66. The van der Waals surface area contributed by atoms with E-state index < -0.39 is 5.97 Å². The largest absolute Gasteiger partial charge is 0.490 e. The Morgan fingerprint density at radius 1 is 1.22 bits per heavy atom. The maximum Gasteiger partial charge on any atom is 0.343 e. The molecule has 1 aliphatic rings. The van der Waals surface area contributed by atoms with Crippen LogP contribution in [0.15, 0.2) is 44.2 Å².